The molecule has 28 heavy (non-hydrogen) atoms. The topological polar surface area (TPSA) is 127 Å². The number of rotatable bonds is 5. The average molecular weight is 401 g/mol. The molecule has 0 aliphatic heterocycles. The molecule has 0 atom stereocenters. The predicted octanol–water partition coefficient (Wildman–Crippen LogP) is 2.39. The van der Waals surface area contributed by atoms with Gasteiger partial charge in [0.2, 0.25) is 0 Å². The number of hydrogen-bond donors (Lipinski definition) is 2. The highest BCUT2D eigenvalue weighted by Crippen LogP contribution is 2.26. The fourth-order valence-corrected chi connectivity index (χ4v) is 4.19. The van der Waals surface area contributed by atoms with Gasteiger partial charge in [-0.15, -0.1) is 5.10 Å². The van der Waals surface area contributed by atoms with Crippen molar-refractivity contribution in [2.45, 2.75) is 32.6 Å². The molecule has 1 heterocycles. The summed E-state index contributed by atoms with van der Waals surface area (Å²) >= 11 is 0. The number of aromatic carboxylic acids is 1. The highest BCUT2D eigenvalue weighted by Gasteiger charge is 2.21. The number of hydrogen-bond acceptors (Lipinski definition) is 6. The second-order valence-corrected chi connectivity index (χ2v) is 8.12. The first-order valence-corrected chi connectivity index (χ1v) is 9.82. The van der Waals surface area contributed by atoms with Gasteiger partial charge in [-0.2, -0.15) is 4.68 Å². The van der Waals surface area contributed by atoms with Crippen LogP contribution in [0, 0.1) is 27.7 Å². The molecule has 10 heteroatoms. The zero-order valence-electron chi connectivity index (χ0n) is 15.8. The molecule has 0 spiro atoms. The van der Waals surface area contributed by atoms with Crippen LogP contribution in [0.5, 0.6) is 0 Å². The number of nitrogens with one attached hydrogen (secondary N) is 1. The maximum Gasteiger partial charge on any atom is 0.335 e. The summed E-state index contributed by atoms with van der Waals surface area (Å²) in [5, 5.41) is 20.6. The number of aryl methyl sites for hydroxylation is 3. The number of tetrazole rings is 1. The Hall–Kier alpha value is -3.27. The zero-order chi connectivity index (χ0) is 20.6. The number of carboxylic acid groups (broad SMARTS) is 1. The lowest BCUT2D eigenvalue weighted by Gasteiger charge is -2.14. The maximum absolute atomic E-state index is 12.9. The molecule has 146 valence electrons. The number of nitrogens with zero attached hydrogens (tertiary/aromatic N) is 4. The summed E-state index contributed by atoms with van der Waals surface area (Å²) in [5.74, 6) is -0.630. The molecular weight excluding hydrogens is 382 g/mol. The molecule has 0 bridgehead atoms. The van der Waals surface area contributed by atoms with Crippen molar-refractivity contribution >= 4 is 21.7 Å². The summed E-state index contributed by atoms with van der Waals surface area (Å²) in [5.41, 5.74) is 2.79. The number of carbonyl (C=O) groups is 1. The van der Waals surface area contributed by atoms with Crippen LogP contribution in [0.25, 0.3) is 5.69 Å². The summed E-state index contributed by atoms with van der Waals surface area (Å²) in [6.45, 7) is 6.91. The van der Waals surface area contributed by atoms with Gasteiger partial charge in [-0.3, -0.25) is 4.72 Å². The number of sulfonamides is 1. The Morgan fingerprint density at radius 2 is 1.79 bits per heavy atom. The number of aromatic nitrogens is 4. The first kappa shape index (κ1) is 19.5. The normalized spacial score (nSPS) is 11.4. The van der Waals surface area contributed by atoms with Crippen LogP contribution < -0.4 is 4.72 Å². The van der Waals surface area contributed by atoms with Crippen molar-refractivity contribution < 1.29 is 18.3 Å². The van der Waals surface area contributed by atoms with E-state index in [0.29, 0.717) is 28.3 Å². The summed E-state index contributed by atoms with van der Waals surface area (Å²) in [7, 11) is -4.01. The van der Waals surface area contributed by atoms with E-state index in [4.69, 9.17) is 0 Å². The Kier molecular flexibility index (Phi) is 4.90. The zero-order valence-corrected chi connectivity index (χ0v) is 16.6. The minimum absolute atomic E-state index is 0.0781. The maximum atomic E-state index is 12.9. The average Bonchev–Trinajstić information content (AvgIpc) is 3.04. The minimum atomic E-state index is -4.01. The Labute approximate surface area is 162 Å². The van der Waals surface area contributed by atoms with Crippen LogP contribution in [-0.2, 0) is 10.0 Å². The van der Waals surface area contributed by atoms with Crippen LogP contribution in [-0.4, -0.2) is 39.7 Å². The van der Waals surface area contributed by atoms with Gasteiger partial charge in [-0.1, -0.05) is 6.07 Å². The molecule has 0 saturated heterocycles. The quantitative estimate of drug-likeness (QED) is 0.672. The van der Waals surface area contributed by atoms with Crippen LogP contribution >= 0.6 is 0 Å². The molecule has 0 unspecified atom stereocenters. The van der Waals surface area contributed by atoms with Gasteiger partial charge in [-0.05, 0) is 79.1 Å². The van der Waals surface area contributed by atoms with Crippen LogP contribution in [0.4, 0.5) is 5.69 Å². The monoisotopic (exact) mass is 401 g/mol. The molecular formula is C18H19N5O4S. The van der Waals surface area contributed by atoms with Gasteiger partial charge in [0.05, 0.1) is 21.8 Å². The predicted molar refractivity (Wildman–Crippen MR) is 102 cm³/mol. The van der Waals surface area contributed by atoms with Crippen molar-refractivity contribution in [1.82, 2.24) is 20.2 Å². The first-order valence-electron chi connectivity index (χ1n) is 8.33. The molecule has 3 rings (SSSR count). The first-order chi connectivity index (χ1) is 13.1. The molecule has 0 aliphatic carbocycles. The minimum Gasteiger partial charge on any atom is -0.478 e. The van der Waals surface area contributed by atoms with E-state index >= 15 is 0 Å². The fourth-order valence-electron chi connectivity index (χ4n) is 2.80. The van der Waals surface area contributed by atoms with Gasteiger partial charge < -0.3 is 5.11 Å². The van der Waals surface area contributed by atoms with Gasteiger partial charge in [0, 0.05) is 0 Å². The Morgan fingerprint density at radius 1 is 1.07 bits per heavy atom. The molecule has 0 saturated carbocycles. The Bertz CT molecular complexity index is 1180. The molecule has 0 fully saturated rings. The Balaban J connectivity index is 2.05. The van der Waals surface area contributed by atoms with E-state index in [2.05, 4.69) is 20.2 Å². The second-order valence-electron chi connectivity index (χ2n) is 6.47. The second kappa shape index (κ2) is 7.04. The number of carboxylic acids is 1. The summed E-state index contributed by atoms with van der Waals surface area (Å²) in [4.78, 5) is 11.2. The van der Waals surface area contributed by atoms with Crippen LogP contribution in [0.1, 0.15) is 32.9 Å². The van der Waals surface area contributed by atoms with E-state index < -0.39 is 16.0 Å². The molecule has 2 N–H and O–H groups in total. The van der Waals surface area contributed by atoms with Crippen LogP contribution in [0.15, 0.2) is 35.2 Å². The van der Waals surface area contributed by atoms with Crippen molar-refractivity contribution in [3.05, 3.63) is 58.4 Å². The highest BCUT2D eigenvalue weighted by molar-refractivity contribution is 7.92. The lowest BCUT2D eigenvalue weighted by molar-refractivity contribution is 0.0696. The third-order valence-electron chi connectivity index (χ3n) is 4.47. The smallest absolute Gasteiger partial charge is 0.335 e. The lowest BCUT2D eigenvalue weighted by atomic mass is 10.1. The molecule has 2 aromatic carbocycles. The van der Waals surface area contributed by atoms with E-state index in [1.165, 1.54) is 10.7 Å². The van der Waals surface area contributed by atoms with Gasteiger partial charge in [0.25, 0.3) is 10.0 Å². The van der Waals surface area contributed by atoms with Crippen molar-refractivity contribution in [1.29, 1.82) is 0 Å². The number of benzene rings is 2. The van der Waals surface area contributed by atoms with E-state index in [1.807, 2.05) is 6.92 Å². The molecule has 0 amide bonds. The SMILES string of the molecule is Cc1ccc(NS(=O)(=O)c2cc(C(=O)O)cc(C)c2C)cc1-n1nnnc1C. The van der Waals surface area contributed by atoms with Crippen molar-refractivity contribution in [2.24, 2.45) is 0 Å². The summed E-state index contributed by atoms with van der Waals surface area (Å²) < 4.78 is 29.9. The van der Waals surface area contributed by atoms with Gasteiger partial charge in [0.15, 0.2) is 5.82 Å². The van der Waals surface area contributed by atoms with Gasteiger partial charge in [0.1, 0.15) is 0 Å². The highest BCUT2D eigenvalue weighted by atomic mass is 32.2. The van der Waals surface area contributed by atoms with Crippen molar-refractivity contribution in [3.63, 3.8) is 0 Å². The van der Waals surface area contributed by atoms with E-state index in [0.717, 1.165) is 11.6 Å². The molecule has 0 radical (unpaired) electrons. The number of anilines is 1. The largest absolute Gasteiger partial charge is 0.478 e. The van der Waals surface area contributed by atoms with Crippen LogP contribution in [0.3, 0.4) is 0 Å². The summed E-state index contributed by atoms with van der Waals surface area (Å²) in [6.07, 6.45) is 0. The van der Waals surface area contributed by atoms with E-state index in [1.54, 1.807) is 39.0 Å². The summed E-state index contributed by atoms with van der Waals surface area (Å²) in [6, 6.07) is 7.60. The molecule has 9 nitrogen and oxygen atoms in total. The standard InChI is InChI=1S/C18H19N5O4S/c1-10-5-6-15(9-16(10)23-13(4)19-21-22-23)20-28(26,27)17-8-14(18(24)25)7-11(2)12(17)3/h5-9,20H,1-4H3,(H,24,25). The molecule has 1 aromatic heterocycles. The lowest BCUT2D eigenvalue weighted by Crippen LogP contribution is -2.16. The van der Waals surface area contributed by atoms with E-state index in [9.17, 15) is 18.3 Å². The van der Waals surface area contributed by atoms with Gasteiger partial charge in [-0.25, -0.2) is 13.2 Å². The molecule has 0 aliphatic rings. The van der Waals surface area contributed by atoms with E-state index in [-0.39, 0.29) is 10.5 Å². The van der Waals surface area contributed by atoms with Gasteiger partial charge >= 0.3 is 5.97 Å². The Morgan fingerprint density at radius 3 is 2.39 bits per heavy atom. The van der Waals surface area contributed by atoms with Crippen LogP contribution in [0.2, 0.25) is 0 Å². The van der Waals surface area contributed by atoms with Crippen molar-refractivity contribution in [2.75, 3.05) is 4.72 Å². The third-order valence-corrected chi connectivity index (χ3v) is 5.98. The van der Waals surface area contributed by atoms with Crippen molar-refractivity contribution in [3.8, 4) is 5.69 Å². The fraction of sp³-hybridized carbons (Fsp3) is 0.222. The molecule has 3 aromatic rings. The third kappa shape index (κ3) is 3.58.